The molecule has 0 N–H and O–H groups in total. The van der Waals surface area contributed by atoms with E-state index in [1.165, 1.54) is 27.5 Å². The van der Waals surface area contributed by atoms with E-state index < -0.39 is 0 Å². The number of rotatable bonds is 7. The van der Waals surface area contributed by atoms with Crippen LogP contribution in [-0.4, -0.2) is 11.6 Å². The smallest absolute Gasteiger partial charge is 0.144 e. The molecule has 1 aliphatic carbocycles. The monoisotopic (exact) mass is 384 g/mol. The van der Waals surface area contributed by atoms with Crippen molar-refractivity contribution in [1.29, 1.82) is 0 Å². The summed E-state index contributed by atoms with van der Waals surface area (Å²) in [5.41, 5.74) is 3.84. The number of carbonyl (C=O) groups excluding carboxylic acids is 2. The average Bonchev–Trinajstić information content (AvgIpc) is 3.00. The number of carbonyl (C=O) groups is 2. The van der Waals surface area contributed by atoms with E-state index in [2.05, 4.69) is 73.7 Å². The quantitative estimate of drug-likeness (QED) is 0.477. The highest BCUT2D eigenvalue weighted by atomic mass is 16.2. The molecule has 0 spiro atoms. The van der Waals surface area contributed by atoms with Gasteiger partial charge in [0, 0.05) is 11.8 Å². The van der Waals surface area contributed by atoms with Crippen molar-refractivity contribution in [2.45, 2.75) is 45.4 Å². The molecule has 3 aromatic rings. The van der Waals surface area contributed by atoms with E-state index in [0.29, 0.717) is 0 Å². The molecular formula is C27H28O2. The predicted molar refractivity (Wildman–Crippen MR) is 118 cm³/mol. The molecular weight excluding hydrogens is 356 g/mol. The molecule has 148 valence electrons. The lowest BCUT2D eigenvalue weighted by Crippen LogP contribution is -2.19. The Morgan fingerprint density at radius 3 is 2.24 bits per heavy atom. The van der Waals surface area contributed by atoms with Gasteiger partial charge in [0.05, 0.1) is 6.42 Å². The second-order valence-corrected chi connectivity index (χ2v) is 8.38. The summed E-state index contributed by atoms with van der Waals surface area (Å²) >= 11 is 0. The highest BCUT2D eigenvalue weighted by Gasteiger charge is 2.40. The number of aryl methyl sites for hydroxylation is 3. The second kappa shape index (κ2) is 8.73. The first-order valence-electron chi connectivity index (χ1n) is 10.7. The Balaban J connectivity index is 1.40. The maximum Gasteiger partial charge on any atom is 0.144 e. The summed E-state index contributed by atoms with van der Waals surface area (Å²) in [6.07, 6.45) is 4.49. The average molecular weight is 385 g/mol. The van der Waals surface area contributed by atoms with E-state index in [4.69, 9.17) is 0 Å². The van der Waals surface area contributed by atoms with Crippen molar-refractivity contribution in [3.05, 3.63) is 83.4 Å². The van der Waals surface area contributed by atoms with Gasteiger partial charge < -0.3 is 0 Å². The molecule has 2 atom stereocenters. The molecule has 3 aromatic carbocycles. The molecule has 0 amide bonds. The van der Waals surface area contributed by atoms with Crippen molar-refractivity contribution in [3.63, 3.8) is 0 Å². The van der Waals surface area contributed by atoms with Crippen molar-refractivity contribution < 1.29 is 9.59 Å². The van der Waals surface area contributed by atoms with E-state index in [0.717, 1.165) is 32.1 Å². The predicted octanol–water partition coefficient (Wildman–Crippen LogP) is 5.88. The Labute approximate surface area is 173 Å². The van der Waals surface area contributed by atoms with Gasteiger partial charge in [-0.05, 0) is 60.9 Å². The Morgan fingerprint density at radius 2 is 1.45 bits per heavy atom. The molecule has 0 unspecified atom stereocenters. The van der Waals surface area contributed by atoms with Crippen molar-refractivity contribution >= 4 is 22.3 Å². The van der Waals surface area contributed by atoms with Gasteiger partial charge >= 0.3 is 0 Å². The Morgan fingerprint density at radius 1 is 0.759 bits per heavy atom. The van der Waals surface area contributed by atoms with Crippen LogP contribution < -0.4 is 0 Å². The highest BCUT2D eigenvalue weighted by molar-refractivity contribution is 6.08. The van der Waals surface area contributed by atoms with Crippen LogP contribution in [0.1, 0.15) is 42.4 Å². The molecule has 1 fully saturated rings. The van der Waals surface area contributed by atoms with Gasteiger partial charge in [-0.3, -0.25) is 9.59 Å². The lowest BCUT2D eigenvalue weighted by Gasteiger charge is -2.18. The minimum Gasteiger partial charge on any atom is -0.299 e. The van der Waals surface area contributed by atoms with Crippen LogP contribution in [-0.2, 0) is 22.4 Å². The fourth-order valence-corrected chi connectivity index (χ4v) is 4.71. The van der Waals surface area contributed by atoms with Crippen LogP contribution in [0.5, 0.6) is 0 Å². The summed E-state index contributed by atoms with van der Waals surface area (Å²) in [5, 5.41) is 2.48. The fraction of sp³-hybridized carbons (Fsp3) is 0.333. The zero-order valence-electron chi connectivity index (χ0n) is 17.1. The van der Waals surface area contributed by atoms with Crippen molar-refractivity contribution in [1.82, 2.24) is 0 Å². The Kier molecular flexibility index (Phi) is 5.89. The number of benzene rings is 3. The van der Waals surface area contributed by atoms with Gasteiger partial charge in [-0.25, -0.2) is 0 Å². The van der Waals surface area contributed by atoms with Crippen molar-refractivity contribution in [3.8, 4) is 0 Å². The standard InChI is InChI=1S/C27H28O2/c1-19-12-14-20(15-13-19)6-4-11-24-25(27(29)18-26(24)28)17-16-22-9-5-8-21-7-2-3-10-23(21)22/h2-3,5,7-10,12-15,24-25H,4,6,11,16-18H2,1H3/t24-,25-/m1/s1. The first-order chi connectivity index (χ1) is 14.1. The normalized spacial score (nSPS) is 19.2. The molecule has 0 saturated heterocycles. The van der Waals surface area contributed by atoms with E-state index in [-0.39, 0.29) is 29.8 Å². The van der Waals surface area contributed by atoms with Gasteiger partial charge in [-0.1, -0.05) is 72.3 Å². The lowest BCUT2D eigenvalue weighted by molar-refractivity contribution is -0.123. The zero-order valence-corrected chi connectivity index (χ0v) is 17.1. The Bertz CT molecular complexity index is 1010. The van der Waals surface area contributed by atoms with E-state index in [1.807, 2.05) is 0 Å². The molecule has 2 heteroatoms. The van der Waals surface area contributed by atoms with Crippen LogP contribution in [0.3, 0.4) is 0 Å². The number of ketones is 2. The largest absolute Gasteiger partial charge is 0.299 e. The van der Waals surface area contributed by atoms with Gasteiger partial charge in [0.2, 0.25) is 0 Å². The molecule has 0 aromatic heterocycles. The van der Waals surface area contributed by atoms with Gasteiger partial charge in [-0.15, -0.1) is 0 Å². The van der Waals surface area contributed by atoms with E-state index >= 15 is 0 Å². The third-order valence-electron chi connectivity index (χ3n) is 6.37. The molecule has 0 radical (unpaired) electrons. The SMILES string of the molecule is Cc1ccc(CCC[C@H]2C(=O)CC(=O)[C@@H]2CCc2cccc3ccccc23)cc1. The number of hydrogen-bond acceptors (Lipinski definition) is 2. The third kappa shape index (κ3) is 4.48. The molecule has 0 aliphatic heterocycles. The van der Waals surface area contributed by atoms with Gasteiger partial charge in [0.25, 0.3) is 0 Å². The number of fused-ring (bicyclic) bond motifs is 1. The van der Waals surface area contributed by atoms with Crippen LogP contribution in [0.4, 0.5) is 0 Å². The first kappa shape index (κ1) is 19.6. The van der Waals surface area contributed by atoms with E-state index in [1.54, 1.807) is 0 Å². The van der Waals surface area contributed by atoms with Crippen LogP contribution in [0, 0.1) is 18.8 Å². The highest BCUT2D eigenvalue weighted by Crippen LogP contribution is 2.34. The maximum atomic E-state index is 12.5. The van der Waals surface area contributed by atoms with Crippen molar-refractivity contribution in [2.24, 2.45) is 11.8 Å². The second-order valence-electron chi connectivity index (χ2n) is 8.38. The molecule has 2 nitrogen and oxygen atoms in total. The summed E-state index contributed by atoms with van der Waals surface area (Å²) in [6, 6.07) is 23.3. The summed E-state index contributed by atoms with van der Waals surface area (Å²) in [7, 11) is 0. The topological polar surface area (TPSA) is 34.1 Å². The van der Waals surface area contributed by atoms with Crippen LogP contribution in [0.15, 0.2) is 66.7 Å². The zero-order chi connectivity index (χ0) is 20.2. The summed E-state index contributed by atoms with van der Waals surface area (Å²) in [4.78, 5) is 25.0. The summed E-state index contributed by atoms with van der Waals surface area (Å²) in [6.45, 7) is 2.09. The molecule has 0 bridgehead atoms. The fourth-order valence-electron chi connectivity index (χ4n) is 4.71. The first-order valence-corrected chi connectivity index (χ1v) is 10.7. The Hall–Kier alpha value is -2.74. The lowest BCUT2D eigenvalue weighted by atomic mass is 9.85. The number of Topliss-reactive ketones (excluding diaryl/α,β-unsaturated/α-hetero) is 2. The maximum absolute atomic E-state index is 12.5. The van der Waals surface area contributed by atoms with Crippen molar-refractivity contribution in [2.75, 3.05) is 0 Å². The van der Waals surface area contributed by atoms with Crippen LogP contribution in [0.2, 0.25) is 0 Å². The summed E-state index contributed by atoms with van der Waals surface area (Å²) < 4.78 is 0. The minimum atomic E-state index is -0.112. The summed E-state index contributed by atoms with van der Waals surface area (Å²) in [5.74, 6) is 0.0970. The molecule has 1 aliphatic rings. The molecule has 0 heterocycles. The third-order valence-corrected chi connectivity index (χ3v) is 6.37. The van der Waals surface area contributed by atoms with Crippen LogP contribution in [0.25, 0.3) is 10.8 Å². The van der Waals surface area contributed by atoms with Gasteiger partial charge in [0.15, 0.2) is 0 Å². The minimum absolute atomic E-state index is 0.0945. The van der Waals surface area contributed by atoms with Crippen LogP contribution >= 0.6 is 0 Å². The molecule has 1 saturated carbocycles. The number of hydrogen-bond donors (Lipinski definition) is 0. The van der Waals surface area contributed by atoms with E-state index in [9.17, 15) is 9.59 Å². The molecule has 29 heavy (non-hydrogen) atoms. The molecule has 4 rings (SSSR count). The van der Waals surface area contributed by atoms with Gasteiger partial charge in [-0.2, -0.15) is 0 Å². The van der Waals surface area contributed by atoms with Gasteiger partial charge in [0.1, 0.15) is 11.6 Å².